The molecule has 2 heterocycles. The van der Waals surface area contributed by atoms with Crippen molar-refractivity contribution < 1.29 is 0 Å². The molecule has 0 fully saturated rings. The van der Waals surface area contributed by atoms with Crippen molar-refractivity contribution >= 4 is 33.8 Å². The molecule has 202 valence electrons. The third-order valence-electron chi connectivity index (χ3n) is 7.74. The third kappa shape index (κ3) is 4.77. The van der Waals surface area contributed by atoms with E-state index in [2.05, 4.69) is 91.0 Å². The van der Waals surface area contributed by atoms with Crippen LogP contribution in [-0.4, -0.2) is 29.5 Å². The van der Waals surface area contributed by atoms with Crippen molar-refractivity contribution in [2.45, 2.75) is 0 Å². The summed E-state index contributed by atoms with van der Waals surface area (Å²) in [6.45, 7) is 0. The zero-order chi connectivity index (χ0) is 28.6. The Kier molecular flexibility index (Phi) is 6.49. The first-order chi connectivity index (χ1) is 21.3. The Morgan fingerprint density at radius 3 is 1.26 bits per heavy atom. The molecule has 0 aliphatic heterocycles. The van der Waals surface area contributed by atoms with Crippen molar-refractivity contribution in [1.82, 2.24) is 15.0 Å². The van der Waals surface area contributed by atoms with Crippen LogP contribution >= 0.6 is 0 Å². The summed E-state index contributed by atoms with van der Waals surface area (Å²) in [5, 5.41) is 2.69. The summed E-state index contributed by atoms with van der Waals surface area (Å²) < 4.78 is 2.88. The van der Waals surface area contributed by atoms with Gasteiger partial charge < -0.3 is 0 Å². The molecular formula is C39H25N3Se. The maximum atomic E-state index is 4.97. The molecule has 4 heteroatoms. The standard InChI is InChI=1S/C39H25N3Se/c1-4-13-26(14-5-1)31-21-11-23-33-34-24-12-22-32(36(34)43-35(31)33)29-19-10-20-30(25-29)39-41-37(27-15-6-2-7-16-27)40-38(42-39)28-17-8-3-9-18-28/h1-25H. The van der Waals surface area contributed by atoms with Crippen LogP contribution in [0, 0.1) is 0 Å². The summed E-state index contributed by atoms with van der Waals surface area (Å²) in [5.74, 6) is 2.01. The van der Waals surface area contributed by atoms with Gasteiger partial charge in [0.25, 0.3) is 0 Å². The van der Waals surface area contributed by atoms with Gasteiger partial charge in [-0.05, 0) is 0 Å². The molecule has 3 nitrogen and oxygen atoms in total. The molecular weight excluding hydrogens is 589 g/mol. The van der Waals surface area contributed by atoms with Crippen molar-refractivity contribution in [3.8, 4) is 56.4 Å². The molecule has 2 aromatic heterocycles. The molecule has 0 spiro atoms. The van der Waals surface area contributed by atoms with Crippen LogP contribution in [0.4, 0.5) is 0 Å². The number of benzene rings is 6. The monoisotopic (exact) mass is 615 g/mol. The van der Waals surface area contributed by atoms with Gasteiger partial charge in [-0.15, -0.1) is 0 Å². The van der Waals surface area contributed by atoms with Gasteiger partial charge in [0.05, 0.1) is 0 Å². The first kappa shape index (κ1) is 25.6. The summed E-state index contributed by atoms with van der Waals surface area (Å²) >= 11 is 0.178. The fourth-order valence-electron chi connectivity index (χ4n) is 5.66. The van der Waals surface area contributed by atoms with E-state index in [-0.39, 0.29) is 14.5 Å². The molecule has 0 aliphatic carbocycles. The molecule has 6 aromatic carbocycles. The van der Waals surface area contributed by atoms with E-state index in [4.69, 9.17) is 15.0 Å². The molecule has 0 bridgehead atoms. The molecule has 8 aromatic rings. The van der Waals surface area contributed by atoms with Crippen molar-refractivity contribution in [2.24, 2.45) is 0 Å². The second-order valence-corrected chi connectivity index (χ2v) is 12.6. The van der Waals surface area contributed by atoms with Crippen molar-refractivity contribution in [3.63, 3.8) is 0 Å². The van der Waals surface area contributed by atoms with Gasteiger partial charge in [0.2, 0.25) is 0 Å². The third-order valence-corrected chi connectivity index (χ3v) is 10.4. The molecule has 0 saturated carbocycles. The number of fused-ring (bicyclic) bond motifs is 3. The molecule has 0 unspecified atom stereocenters. The number of nitrogens with zero attached hydrogens (tertiary/aromatic N) is 3. The Hall–Kier alpha value is -5.15. The van der Waals surface area contributed by atoms with E-state index >= 15 is 0 Å². The quantitative estimate of drug-likeness (QED) is 0.181. The Labute approximate surface area is 255 Å². The van der Waals surface area contributed by atoms with Gasteiger partial charge in [0.1, 0.15) is 0 Å². The van der Waals surface area contributed by atoms with E-state index in [0.717, 1.165) is 16.7 Å². The molecule has 0 atom stereocenters. The van der Waals surface area contributed by atoms with Crippen LogP contribution in [0.3, 0.4) is 0 Å². The van der Waals surface area contributed by atoms with E-state index in [9.17, 15) is 0 Å². The van der Waals surface area contributed by atoms with Crippen LogP contribution in [-0.2, 0) is 0 Å². The number of hydrogen-bond acceptors (Lipinski definition) is 3. The van der Waals surface area contributed by atoms with Crippen molar-refractivity contribution in [2.75, 3.05) is 0 Å². The first-order valence-electron chi connectivity index (χ1n) is 14.3. The summed E-state index contributed by atoms with van der Waals surface area (Å²) in [4.78, 5) is 14.8. The minimum atomic E-state index is 0.178. The SMILES string of the molecule is c1ccc(-c2nc(-c3ccccc3)nc(-c3cccc(-c4cccc5c4[se]c4c(-c6ccccc6)cccc45)c3)n2)cc1. The van der Waals surface area contributed by atoms with Crippen molar-refractivity contribution in [3.05, 3.63) is 152 Å². The fourth-order valence-corrected chi connectivity index (χ4v) is 8.53. The molecule has 43 heavy (non-hydrogen) atoms. The van der Waals surface area contributed by atoms with Gasteiger partial charge in [0, 0.05) is 0 Å². The maximum absolute atomic E-state index is 4.97. The zero-order valence-electron chi connectivity index (χ0n) is 23.2. The van der Waals surface area contributed by atoms with Gasteiger partial charge in [-0.25, -0.2) is 0 Å². The number of aromatic nitrogens is 3. The molecule has 0 aliphatic rings. The Balaban J connectivity index is 1.29. The summed E-state index contributed by atoms with van der Waals surface area (Å²) in [6, 6.07) is 53.1. The average Bonchev–Trinajstić information content (AvgIpc) is 3.48. The molecule has 8 rings (SSSR count). The average molecular weight is 615 g/mol. The van der Waals surface area contributed by atoms with Gasteiger partial charge in [-0.3, -0.25) is 0 Å². The summed E-state index contributed by atoms with van der Waals surface area (Å²) in [6.07, 6.45) is 0. The predicted molar refractivity (Wildman–Crippen MR) is 179 cm³/mol. The molecule has 0 amide bonds. The van der Waals surface area contributed by atoms with E-state index in [1.54, 1.807) is 0 Å². The zero-order valence-corrected chi connectivity index (χ0v) is 24.9. The summed E-state index contributed by atoms with van der Waals surface area (Å²) in [5.41, 5.74) is 7.96. The van der Waals surface area contributed by atoms with E-state index in [1.807, 2.05) is 60.7 Å². The van der Waals surface area contributed by atoms with E-state index < -0.39 is 0 Å². The normalized spacial score (nSPS) is 11.3. The molecule has 0 N–H and O–H groups in total. The topological polar surface area (TPSA) is 38.7 Å². The fraction of sp³-hybridized carbons (Fsp3) is 0. The van der Waals surface area contributed by atoms with Crippen LogP contribution < -0.4 is 0 Å². The van der Waals surface area contributed by atoms with E-state index in [0.29, 0.717) is 17.5 Å². The van der Waals surface area contributed by atoms with Crippen LogP contribution in [0.25, 0.3) is 75.7 Å². The second-order valence-electron chi connectivity index (χ2n) is 10.5. The Bertz CT molecular complexity index is 2170. The first-order valence-corrected chi connectivity index (χ1v) is 16.0. The Morgan fingerprint density at radius 1 is 0.326 bits per heavy atom. The molecule has 0 radical (unpaired) electrons. The van der Waals surface area contributed by atoms with Crippen molar-refractivity contribution in [1.29, 1.82) is 0 Å². The summed E-state index contributed by atoms with van der Waals surface area (Å²) in [7, 11) is 0. The van der Waals surface area contributed by atoms with Gasteiger partial charge in [0.15, 0.2) is 0 Å². The second kappa shape index (κ2) is 10.9. The minimum absolute atomic E-state index is 0.178. The number of rotatable bonds is 5. The number of hydrogen-bond donors (Lipinski definition) is 0. The van der Waals surface area contributed by atoms with Crippen LogP contribution in [0.1, 0.15) is 0 Å². The molecule has 0 saturated heterocycles. The van der Waals surface area contributed by atoms with Gasteiger partial charge in [-0.2, -0.15) is 0 Å². The predicted octanol–water partition coefficient (Wildman–Crippen LogP) is 9.57. The van der Waals surface area contributed by atoms with E-state index in [1.165, 1.54) is 41.5 Å². The van der Waals surface area contributed by atoms with Crippen LogP contribution in [0.2, 0.25) is 0 Å². The van der Waals surface area contributed by atoms with Gasteiger partial charge >= 0.3 is 257 Å². The van der Waals surface area contributed by atoms with Crippen LogP contribution in [0.15, 0.2) is 152 Å². The van der Waals surface area contributed by atoms with Gasteiger partial charge in [-0.1, -0.05) is 0 Å². The Morgan fingerprint density at radius 2 is 0.721 bits per heavy atom. The van der Waals surface area contributed by atoms with Crippen LogP contribution in [0.5, 0.6) is 0 Å².